The van der Waals surface area contributed by atoms with Crippen molar-refractivity contribution in [2.24, 2.45) is 0 Å². The van der Waals surface area contributed by atoms with Gasteiger partial charge in [0.05, 0.1) is 5.69 Å². The largest absolute Gasteiger partial charge is 0.322 e. The topological polar surface area (TPSA) is 78.1 Å². The standard InChI is InChI=1S/C21H20N4O2/c1-2-20(26)25-11-9-15-12-16(6-7-19(15)25)21(27)23-17-5-3-4-14(13-17)18-8-10-22-24-18/h3-8,10,12-13H,2,9,11H2,1H3,(H,22,24)(H,23,27). The first-order valence-corrected chi connectivity index (χ1v) is 9.00. The van der Waals surface area contributed by atoms with Crippen LogP contribution in [0.5, 0.6) is 0 Å². The Balaban J connectivity index is 1.53. The van der Waals surface area contributed by atoms with Crippen molar-refractivity contribution in [2.75, 3.05) is 16.8 Å². The number of nitrogens with zero attached hydrogens (tertiary/aromatic N) is 2. The molecular formula is C21H20N4O2. The maximum Gasteiger partial charge on any atom is 0.255 e. The van der Waals surface area contributed by atoms with Crippen molar-refractivity contribution in [3.8, 4) is 11.3 Å². The monoisotopic (exact) mass is 360 g/mol. The van der Waals surface area contributed by atoms with Crippen molar-refractivity contribution >= 4 is 23.2 Å². The molecule has 6 nitrogen and oxygen atoms in total. The number of carbonyl (C=O) groups is 2. The van der Waals surface area contributed by atoms with Gasteiger partial charge in [0.25, 0.3) is 5.91 Å². The van der Waals surface area contributed by atoms with E-state index in [2.05, 4.69) is 15.5 Å². The summed E-state index contributed by atoms with van der Waals surface area (Å²) in [6.07, 6.45) is 2.95. The molecule has 6 heteroatoms. The number of carbonyl (C=O) groups excluding carboxylic acids is 2. The normalized spacial score (nSPS) is 12.7. The van der Waals surface area contributed by atoms with Gasteiger partial charge in [0.15, 0.2) is 0 Å². The number of fused-ring (bicyclic) bond motifs is 1. The molecular weight excluding hydrogens is 340 g/mol. The molecule has 1 aromatic heterocycles. The summed E-state index contributed by atoms with van der Waals surface area (Å²) in [5.41, 5.74) is 5.11. The van der Waals surface area contributed by atoms with Crippen molar-refractivity contribution in [3.63, 3.8) is 0 Å². The fraction of sp³-hybridized carbons (Fsp3) is 0.190. The molecule has 2 heterocycles. The van der Waals surface area contributed by atoms with Crippen molar-refractivity contribution < 1.29 is 9.59 Å². The van der Waals surface area contributed by atoms with Gasteiger partial charge in [-0.1, -0.05) is 19.1 Å². The Labute approximate surface area is 157 Å². The van der Waals surface area contributed by atoms with Gasteiger partial charge in [-0.15, -0.1) is 0 Å². The summed E-state index contributed by atoms with van der Waals surface area (Å²) < 4.78 is 0. The average molecular weight is 360 g/mol. The van der Waals surface area contributed by atoms with Crippen molar-refractivity contribution in [1.82, 2.24) is 10.2 Å². The van der Waals surface area contributed by atoms with Crippen molar-refractivity contribution in [1.29, 1.82) is 0 Å². The summed E-state index contributed by atoms with van der Waals surface area (Å²) in [4.78, 5) is 26.5. The van der Waals surface area contributed by atoms with Crippen LogP contribution in [-0.2, 0) is 11.2 Å². The molecule has 2 N–H and O–H groups in total. The lowest BCUT2D eigenvalue weighted by molar-refractivity contribution is -0.118. The van der Waals surface area contributed by atoms with Crippen LogP contribution in [0.4, 0.5) is 11.4 Å². The third kappa shape index (κ3) is 3.33. The number of benzene rings is 2. The number of aromatic amines is 1. The second-order valence-electron chi connectivity index (χ2n) is 6.50. The van der Waals surface area contributed by atoms with Crippen LogP contribution in [0.3, 0.4) is 0 Å². The number of H-pyrrole nitrogens is 1. The van der Waals surface area contributed by atoms with Crippen molar-refractivity contribution in [2.45, 2.75) is 19.8 Å². The predicted octanol–water partition coefficient (Wildman–Crippen LogP) is 3.63. The first-order chi connectivity index (χ1) is 13.2. The third-order valence-electron chi connectivity index (χ3n) is 4.77. The number of nitrogens with one attached hydrogen (secondary N) is 2. The highest BCUT2D eigenvalue weighted by atomic mass is 16.2. The second-order valence-corrected chi connectivity index (χ2v) is 6.50. The summed E-state index contributed by atoms with van der Waals surface area (Å²) in [6, 6.07) is 15.0. The zero-order valence-electron chi connectivity index (χ0n) is 15.0. The van der Waals surface area contributed by atoms with Gasteiger partial charge in [-0.25, -0.2) is 0 Å². The van der Waals surface area contributed by atoms with Gasteiger partial charge in [0, 0.05) is 41.7 Å². The first kappa shape index (κ1) is 17.0. The maximum atomic E-state index is 12.7. The quantitative estimate of drug-likeness (QED) is 0.746. The number of hydrogen-bond donors (Lipinski definition) is 2. The van der Waals surface area contributed by atoms with Crippen LogP contribution < -0.4 is 10.2 Å². The molecule has 0 saturated carbocycles. The molecule has 0 radical (unpaired) electrons. The Morgan fingerprint density at radius 2 is 2.07 bits per heavy atom. The fourth-order valence-corrected chi connectivity index (χ4v) is 3.38. The maximum absolute atomic E-state index is 12.7. The van der Waals surface area contributed by atoms with Crippen LogP contribution in [0, 0.1) is 0 Å². The molecule has 0 spiro atoms. The molecule has 4 rings (SSSR count). The van der Waals surface area contributed by atoms with Crippen LogP contribution in [0.2, 0.25) is 0 Å². The molecule has 0 atom stereocenters. The summed E-state index contributed by atoms with van der Waals surface area (Å²) in [7, 11) is 0. The average Bonchev–Trinajstić information content (AvgIpc) is 3.37. The molecule has 0 fully saturated rings. The smallest absolute Gasteiger partial charge is 0.255 e. The molecule has 27 heavy (non-hydrogen) atoms. The zero-order chi connectivity index (χ0) is 18.8. The fourth-order valence-electron chi connectivity index (χ4n) is 3.38. The van der Waals surface area contributed by atoms with E-state index in [9.17, 15) is 9.59 Å². The Kier molecular flexibility index (Phi) is 4.46. The minimum Gasteiger partial charge on any atom is -0.322 e. The van der Waals surface area contributed by atoms with Crippen LogP contribution in [0.1, 0.15) is 29.3 Å². The van der Waals surface area contributed by atoms with E-state index in [1.165, 1.54) is 0 Å². The van der Waals surface area contributed by atoms with Crippen LogP contribution >= 0.6 is 0 Å². The van der Waals surface area contributed by atoms with Gasteiger partial charge >= 0.3 is 0 Å². The van der Waals surface area contributed by atoms with E-state index in [0.717, 1.165) is 34.6 Å². The lowest BCUT2D eigenvalue weighted by atomic mass is 10.1. The molecule has 136 valence electrons. The van der Waals surface area contributed by atoms with Crippen LogP contribution in [0.15, 0.2) is 54.7 Å². The van der Waals surface area contributed by atoms with E-state index in [4.69, 9.17) is 0 Å². The van der Waals surface area contributed by atoms with E-state index >= 15 is 0 Å². The summed E-state index contributed by atoms with van der Waals surface area (Å²) in [5.74, 6) is -0.0543. The Morgan fingerprint density at radius 1 is 1.19 bits per heavy atom. The zero-order valence-corrected chi connectivity index (χ0v) is 15.0. The van der Waals surface area contributed by atoms with E-state index in [1.807, 2.05) is 49.4 Å². The van der Waals surface area contributed by atoms with E-state index in [0.29, 0.717) is 18.5 Å². The lowest BCUT2D eigenvalue weighted by Crippen LogP contribution is -2.27. The van der Waals surface area contributed by atoms with Gasteiger partial charge < -0.3 is 10.2 Å². The predicted molar refractivity (Wildman–Crippen MR) is 105 cm³/mol. The van der Waals surface area contributed by atoms with E-state index in [-0.39, 0.29) is 11.8 Å². The van der Waals surface area contributed by atoms with Gasteiger partial charge in [0.1, 0.15) is 0 Å². The Morgan fingerprint density at radius 3 is 2.85 bits per heavy atom. The summed E-state index contributed by atoms with van der Waals surface area (Å²) in [5, 5.41) is 9.81. The van der Waals surface area contributed by atoms with Gasteiger partial charge in [0.2, 0.25) is 5.91 Å². The molecule has 3 aromatic rings. The molecule has 2 amide bonds. The molecule has 0 bridgehead atoms. The Hall–Kier alpha value is -3.41. The molecule has 2 aromatic carbocycles. The number of rotatable bonds is 4. The minimum absolute atomic E-state index is 0.113. The third-order valence-corrected chi connectivity index (χ3v) is 4.77. The summed E-state index contributed by atoms with van der Waals surface area (Å²) >= 11 is 0. The molecule has 1 aliphatic rings. The molecule has 0 aliphatic carbocycles. The highest BCUT2D eigenvalue weighted by Crippen LogP contribution is 2.30. The lowest BCUT2D eigenvalue weighted by Gasteiger charge is -2.16. The van der Waals surface area contributed by atoms with Gasteiger partial charge in [-0.05, 0) is 48.4 Å². The molecule has 0 saturated heterocycles. The van der Waals surface area contributed by atoms with E-state index < -0.39 is 0 Å². The number of aromatic nitrogens is 2. The second kappa shape index (κ2) is 7.07. The van der Waals surface area contributed by atoms with Crippen molar-refractivity contribution in [3.05, 3.63) is 65.9 Å². The molecule has 0 unspecified atom stereocenters. The number of hydrogen-bond acceptors (Lipinski definition) is 3. The van der Waals surface area contributed by atoms with Gasteiger partial charge in [-0.3, -0.25) is 14.7 Å². The molecule has 1 aliphatic heterocycles. The van der Waals surface area contributed by atoms with Gasteiger partial charge in [-0.2, -0.15) is 5.10 Å². The van der Waals surface area contributed by atoms with Crippen LogP contribution in [0.25, 0.3) is 11.3 Å². The highest BCUT2D eigenvalue weighted by molar-refractivity contribution is 6.05. The minimum atomic E-state index is -0.167. The number of anilines is 2. The first-order valence-electron chi connectivity index (χ1n) is 9.00. The summed E-state index contributed by atoms with van der Waals surface area (Å²) in [6.45, 7) is 2.54. The van der Waals surface area contributed by atoms with E-state index in [1.54, 1.807) is 17.2 Å². The Bertz CT molecular complexity index is 995. The number of amides is 2. The SMILES string of the molecule is CCC(=O)N1CCc2cc(C(=O)Nc3cccc(-c4ccn[nH]4)c3)ccc21. The van der Waals surface area contributed by atoms with Crippen LogP contribution in [-0.4, -0.2) is 28.6 Å². The highest BCUT2D eigenvalue weighted by Gasteiger charge is 2.24.